The van der Waals surface area contributed by atoms with Crippen LogP contribution in [0.1, 0.15) is 4.88 Å². The minimum Gasteiger partial charge on any atom is -0.325 e. The van der Waals surface area contributed by atoms with E-state index in [1.165, 1.54) is 29.5 Å². The maximum atomic E-state index is 12.0. The number of quaternary nitrogens is 1. The van der Waals surface area contributed by atoms with E-state index in [-0.39, 0.29) is 18.1 Å². The van der Waals surface area contributed by atoms with Crippen molar-refractivity contribution in [3.05, 3.63) is 55.7 Å². The van der Waals surface area contributed by atoms with Crippen LogP contribution in [0.15, 0.2) is 36.4 Å². The van der Waals surface area contributed by atoms with Crippen molar-refractivity contribution in [2.24, 2.45) is 0 Å². The lowest BCUT2D eigenvalue weighted by Gasteiger charge is -2.12. The Morgan fingerprint density at radius 3 is 2.82 bits per heavy atom. The van der Waals surface area contributed by atoms with Crippen LogP contribution >= 0.6 is 22.9 Å². The molecule has 1 aromatic heterocycles. The van der Waals surface area contributed by atoms with Gasteiger partial charge in [-0.1, -0.05) is 17.7 Å². The summed E-state index contributed by atoms with van der Waals surface area (Å²) in [5.41, 5.74) is 0.373. The Bertz CT molecular complexity index is 689. The van der Waals surface area contributed by atoms with Gasteiger partial charge in [0.15, 0.2) is 6.54 Å². The molecule has 2 N–H and O–H groups in total. The van der Waals surface area contributed by atoms with Crippen LogP contribution in [0.4, 0.5) is 11.4 Å². The fourth-order valence-electron chi connectivity index (χ4n) is 1.98. The molecule has 1 aromatic carbocycles. The van der Waals surface area contributed by atoms with Crippen LogP contribution < -0.4 is 10.2 Å². The zero-order valence-electron chi connectivity index (χ0n) is 11.8. The van der Waals surface area contributed by atoms with Gasteiger partial charge in [0.2, 0.25) is 0 Å². The minimum atomic E-state index is -0.492. The number of anilines is 1. The van der Waals surface area contributed by atoms with Gasteiger partial charge < -0.3 is 10.2 Å². The number of amides is 1. The molecule has 2 rings (SSSR count). The van der Waals surface area contributed by atoms with E-state index < -0.39 is 4.92 Å². The van der Waals surface area contributed by atoms with Gasteiger partial charge in [-0.15, -0.1) is 11.3 Å². The molecule has 1 unspecified atom stereocenters. The summed E-state index contributed by atoms with van der Waals surface area (Å²) in [4.78, 5) is 24.3. The van der Waals surface area contributed by atoms with E-state index >= 15 is 0 Å². The number of nitro groups is 1. The molecule has 22 heavy (non-hydrogen) atoms. The normalized spacial score (nSPS) is 11.9. The lowest BCUT2D eigenvalue weighted by Crippen LogP contribution is -3.08. The van der Waals surface area contributed by atoms with Gasteiger partial charge in [0.05, 0.1) is 21.2 Å². The highest BCUT2D eigenvalue weighted by Crippen LogP contribution is 2.20. The van der Waals surface area contributed by atoms with Gasteiger partial charge in [0.1, 0.15) is 6.54 Å². The number of thiophene rings is 1. The topological polar surface area (TPSA) is 76.7 Å². The van der Waals surface area contributed by atoms with Crippen molar-refractivity contribution in [2.75, 3.05) is 18.9 Å². The number of likely N-dealkylation sites (N-methyl/N-ethyl adjacent to an activating group) is 1. The van der Waals surface area contributed by atoms with Gasteiger partial charge in [-0.05, 0) is 18.2 Å². The maximum Gasteiger partial charge on any atom is 0.279 e. The second kappa shape index (κ2) is 7.35. The molecule has 8 heteroatoms. The molecule has 0 spiro atoms. The monoisotopic (exact) mass is 340 g/mol. The van der Waals surface area contributed by atoms with Gasteiger partial charge >= 0.3 is 0 Å². The number of rotatable bonds is 6. The summed E-state index contributed by atoms with van der Waals surface area (Å²) in [6.07, 6.45) is 0. The van der Waals surface area contributed by atoms with Crippen molar-refractivity contribution >= 4 is 40.2 Å². The molecule has 1 atom stereocenters. The molecule has 0 saturated heterocycles. The van der Waals surface area contributed by atoms with Gasteiger partial charge in [-0.25, -0.2) is 0 Å². The molecule has 116 valence electrons. The third-order valence-electron chi connectivity index (χ3n) is 2.91. The molecule has 0 radical (unpaired) electrons. The Balaban J connectivity index is 1.89. The summed E-state index contributed by atoms with van der Waals surface area (Å²) < 4.78 is 0.726. The third-order valence-corrected chi connectivity index (χ3v) is 4.14. The number of halogens is 1. The summed E-state index contributed by atoms with van der Waals surface area (Å²) >= 11 is 7.36. The molecule has 0 aliphatic carbocycles. The van der Waals surface area contributed by atoms with Crippen LogP contribution in [0.5, 0.6) is 0 Å². The lowest BCUT2D eigenvalue weighted by atomic mass is 10.3. The first kappa shape index (κ1) is 16.4. The Morgan fingerprint density at radius 2 is 2.18 bits per heavy atom. The van der Waals surface area contributed by atoms with E-state index in [2.05, 4.69) is 5.32 Å². The van der Waals surface area contributed by atoms with Gasteiger partial charge in [0.25, 0.3) is 11.6 Å². The third kappa shape index (κ3) is 4.80. The number of non-ortho nitro benzene ring substituents is 1. The largest absolute Gasteiger partial charge is 0.325 e. The summed E-state index contributed by atoms with van der Waals surface area (Å²) in [6, 6.07) is 9.66. The molecule has 0 aliphatic rings. The van der Waals surface area contributed by atoms with Crippen molar-refractivity contribution in [3.63, 3.8) is 0 Å². The van der Waals surface area contributed by atoms with Crippen LogP contribution in [0.25, 0.3) is 0 Å². The molecule has 0 saturated carbocycles. The van der Waals surface area contributed by atoms with E-state index in [1.54, 1.807) is 6.07 Å². The van der Waals surface area contributed by atoms with E-state index in [9.17, 15) is 14.9 Å². The minimum absolute atomic E-state index is 0.0493. The molecule has 6 nitrogen and oxygen atoms in total. The van der Waals surface area contributed by atoms with Crippen molar-refractivity contribution in [2.45, 2.75) is 6.54 Å². The standard InChI is InChI=1S/C14H14ClN3O3S/c1-17(8-12-5-6-13(15)22-12)9-14(19)16-10-3-2-4-11(7-10)18(20)21/h2-7H,8-9H2,1H3,(H,16,19)/p+1. The van der Waals surface area contributed by atoms with Crippen LogP contribution in [-0.2, 0) is 11.3 Å². The number of carbonyl (C=O) groups is 1. The number of nitrogens with zero attached hydrogens (tertiary/aromatic N) is 1. The summed E-state index contributed by atoms with van der Waals surface area (Å²) in [5, 5.41) is 13.4. The molecular formula is C14H15ClN3O3S+. The molecule has 2 aromatic rings. The van der Waals surface area contributed by atoms with Crippen LogP contribution in [0, 0.1) is 10.1 Å². The fraction of sp³-hybridized carbons (Fsp3) is 0.214. The van der Waals surface area contributed by atoms with E-state index in [0.29, 0.717) is 12.2 Å². The van der Waals surface area contributed by atoms with Crippen LogP contribution in [-0.4, -0.2) is 24.4 Å². The highest BCUT2D eigenvalue weighted by Gasteiger charge is 2.13. The Hall–Kier alpha value is -1.96. The predicted octanol–water partition coefficient (Wildman–Crippen LogP) is 1.96. The fourth-order valence-corrected chi connectivity index (χ4v) is 3.18. The highest BCUT2D eigenvalue weighted by atomic mass is 35.5. The Kier molecular flexibility index (Phi) is 5.48. The van der Waals surface area contributed by atoms with E-state index in [0.717, 1.165) is 14.1 Å². The van der Waals surface area contributed by atoms with Crippen LogP contribution in [0.2, 0.25) is 4.34 Å². The molecule has 0 bridgehead atoms. The van der Waals surface area contributed by atoms with Gasteiger partial charge in [0, 0.05) is 17.8 Å². The predicted molar refractivity (Wildman–Crippen MR) is 86.5 cm³/mol. The van der Waals surface area contributed by atoms with Crippen LogP contribution in [0.3, 0.4) is 0 Å². The van der Waals surface area contributed by atoms with E-state index in [4.69, 9.17) is 11.6 Å². The SMILES string of the molecule is C[NH+](CC(=O)Nc1cccc([N+](=O)[O-])c1)Cc1ccc(Cl)s1. The first-order valence-corrected chi connectivity index (χ1v) is 7.73. The maximum absolute atomic E-state index is 12.0. The number of hydrogen-bond acceptors (Lipinski definition) is 4. The van der Waals surface area contributed by atoms with Crippen molar-refractivity contribution in [3.8, 4) is 0 Å². The van der Waals surface area contributed by atoms with E-state index in [1.807, 2.05) is 19.2 Å². The van der Waals surface area contributed by atoms with Gasteiger partial charge in [-0.3, -0.25) is 14.9 Å². The number of carbonyl (C=O) groups excluding carboxylic acids is 1. The van der Waals surface area contributed by atoms with Gasteiger partial charge in [-0.2, -0.15) is 0 Å². The van der Waals surface area contributed by atoms with Crippen molar-refractivity contribution in [1.82, 2.24) is 0 Å². The Morgan fingerprint density at radius 1 is 1.41 bits per heavy atom. The first-order chi connectivity index (χ1) is 10.4. The second-order valence-corrected chi connectivity index (χ2v) is 6.67. The molecule has 1 heterocycles. The molecular weight excluding hydrogens is 326 g/mol. The van der Waals surface area contributed by atoms with Crippen molar-refractivity contribution < 1.29 is 14.6 Å². The second-order valence-electron chi connectivity index (χ2n) is 4.87. The lowest BCUT2D eigenvalue weighted by molar-refractivity contribution is -0.884. The zero-order valence-corrected chi connectivity index (χ0v) is 13.4. The smallest absolute Gasteiger partial charge is 0.279 e. The first-order valence-electron chi connectivity index (χ1n) is 6.54. The number of benzene rings is 1. The molecule has 1 amide bonds. The zero-order chi connectivity index (χ0) is 16.1. The number of nitrogens with one attached hydrogen (secondary N) is 2. The molecule has 0 aliphatic heterocycles. The molecule has 0 fully saturated rings. The quantitative estimate of drug-likeness (QED) is 0.623. The summed E-state index contributed by atoms with van der Waals surface area (Å²) in [6.45, 7) is 0.956. The number of hydrogen-bond donors (Lipinski definition) is 2. The Labute approximate surface area is 136 Å². The average Bonchev–Trinajstić information content (AvgIpc) is 2.83. The number of nitro benzene ring substituents is 1. The summed E-state index contributed by atoms with van der Waals surface area (Å²) in [7, 11) is 1.90. The van der Waals surface area contributed by atoms with Crippen molar-refractivity contribution in [1.29, 1.82) is 0 Å². The average molecular weight is 341 g/mol. The highest BCUT2D eigenvalue weighted by molar-refractivity contribution is 7.16. The summed E-state index contributed by atoms with van der Waals surface area (Å²) in [5.74, 6) is -0.194.